The fraction of sp³-hybridized carbons (Fsp3) is 0.182. The number of oxime groups is 1. The monoisotopic (exact) mass is 173 g/mol. The first-order valence-electron chi connectivity index (χ1n) is 4.00. The molecule has 0 aromatic heterocycles. The van der Waals surface area contributed by atoms with E-state index >= 15 is 0 Å². The van der Waals surface area contributed by atoms with Crippen molar-refractivity contribution in [2.24, 2.45) is 5.16 Å². The number of hydrogen-bond donors (Lipinski definition) is 1. The number of rotatable bonds is 1. The van der Waals surface area contributed by atoms with E-state index < -0.39 is 0 Å². The van der Waals surface area contributed by atoms with E-state index in [0.29, 0.717) is 5.71 Å². The van der Waals surface area contributed by atoms with Crippen LogP contribution in [-0.2, 0) is 0 Å². The van der Waals surface area contributed by atoms with Crippen molar-refractivity contribution >= 4 is 5.71 Å². The number of benzene rings is 1. The van der Waals surface area contributed by atoms with Gasteiger partial charge in [-0.15, -0.1) is 5.92 Å². The fourth-order valence-corrected chi connectivity index (χ4v) is 1.10. The third-order valence-corrected chi connectivity index (χ3v) is 1.73. The van der Waals surface area contributed by atoms with Crippen molar-refractivity contribution < 1.29 is 5.21 Å². The molecule has 1 aromatic carbocycles. The van der Waals surface area contributed by atoms with E-state index in [1.54, 1.807) is 13.8 Å². The fourth-order valence-electron chi connectivity index (χ4n) is 1.10. The lowest BCUT2D eigenvalue weighted by molar-refractivity contribution is 0.319. The van der Waals surface area contributed by atoms with Gasteiger partial charge in [0.05, 0.1) is 5.71 Å². The Morgan fingerprint density at radius 1 is 1.38 bits per heavy atom. The molecule has 0 aliphatic carbocycles. The average molecular weight is 173 g/mol. The Morgan fingerprint density at radius 3 is 2.69 bits per heavy atom. The van der Waals surface area contributed by atoms with Gasteiger partial charge in [0.25, 0.3) is 0 Å². The molecule has 0 radical (unpaired) electrons. The second-order valence-corrected chi connectivity index (χ2v) is 2.61. The molecule has 0 saturated carbocycles. The molecule has 66 valence electrons. The molecule has 0 aliphatic rings. The maximum atomic E-state index is 8.62. The van der Waals surface area contributed by atoms with E-state index in [4.69, 9.17) is 5.21 Å². The largest absolute Gasteiger partial charge is 0.411 e. The van der Waals surface area contributed by atoms with Gasteiger partial charge in [-0.25, -0.2) is 0 Å². The normalized spacial score (nSPS) is 10.5. The van der Waals surface area contributed by atoms with Crippen LogP contribution in [0.3, 0.4) is 0 Å². The number of hydrogen-bond acceptors (Lipinski definition) is 2. The Bertz CT molecular complexity index is 383. The van der Waals surface area contributed by atoms with E-state index in [9.17, 15) is 0 Å². The summed E-state index contributed by atoms with van der Waals surface area (Å²) in [5.74, 6) is 5.77. The van der Waals surface area contributed by atoms with Crippen LogP contribution < -0.4 is 0 Å². The highest BCUT2D eigenvalue weighted by Gasteiger charge is 2.01. The summed E-state index contributed by atoms with van der Waals surface area (Å²) in [5.41, 5.74) is 2.35. The van der Waals surface area contributed by atoms with Gasteiger partial charge in [0, 0.05) is 11.1 Å². The first-order chi connectivity index (χ1) is 6.29. The Labute approximate surface area is 77.9 Å². The Kier molecular flexibility index (Phi) is 3.10. The third kappa shape index (κ3) is 2.09. The summed E-state index contributed by atoms with van der Waals surface area (Å²) in [7, 11) is 0. The third-order valence-electron chi connectivity index (χ3n) is 1.73. The highest BCUT2D eigenvalue weighted by molar-refractivity contribution is 6.00. The Hall–Kier alpha value is -1.75. The molecular formula is C11H11NO. The van der Waals surface area contributed by atoms with Crippen molar-refractivity contribution in [2.45, 2.75) is 13.8 Å². The molecule has 0 bridgehead atoms. The van der Waals surface area contributed by atoms with Gasteiger partial charge in [-0.2, -0.15) is 0 Å². The topological polar surface area (TPSA) is 32.6 Å². The molecule has 0 atom stereocenters. The molecule has 0 unspecified atom stereocenters. The molecule has 0 aliphatic heterocycles. The van der Waals surface area contributed by atoms with Gasteiger partial charge < -0.3 is 5.21 Å². The van der Waals surface area contributed by atoms with E-state index in [0.717, 1.165) is 11.1 Å². The maximum Gasteiger partial charge on any atom is 0.0849 e. The van der Waals surface area contributed by atoms with Crippen molar-refractivity contribution in [1.82, 2.24) is 0 Å². The molecule has 1 aromatic rings. The van der Waals surface area contributed by atoms with Gasteiger partial charge in [0.15, 0.2) is 0 Å². The van der Waals surface area contributed by atoms with Crippen LogP contribution in [-0.4, -0.2) is 10.9 Å². The predicted molar refractivity (Wildman–Crippen MR) is 53.0 cm³/mol. The SMILES string of the molecule is CC#Cc1ccccc1/C(C)=N\O. The summed E-state index contributed by atoms with van der Waals surface area (Å²) in [5, 5.41) is 11.8. The van der Waals surface area contributed by atoms with E-state index in [-0.39, 0.29) is 0 Å². The summed E-state index contributed by atoms with van der Waals surface area (Å²) in [6.07, 6.45) is 0. The molecule has 0 fully saturated rings. The molecular weight excluding hydrogens is 162 g/mol. The van der Waals surface area contributed by atoms with Crippen molar-refractivity contribution in [3.63, 3.8) is 0 Å². The van der Waals surface area contributed by atoms with Crippen LogP contribution in [0.4, 0.5) is 0 Å². The summed E-state index contributed by atoms with van der Waals surface area (Å²) in [4.78, 5) is 0. The summed E-state index contributed by atoms with van der Waals surface area (Å²) in [6, 6.07) is 7.59. The van der Waals surface area contributed by atoms with Crippen LogP contribution in [0.15, 0.2) is 29.4 Å². The molecule has 0 heterocycles. The molecule has 0 amide bonds. The summed E-state index contributed by atoms with van der Waals surface area (Å²) >= 11 is 0. The first kappa shape index (κ1) is 9.34. The average Bonchev–Trinajstić information content (AvgIpc) is 2.18. The zero-order valence-corrected chi connectivity index (χ0v) is 7.70. The van der Waals surface area contributed by atoms with Crippen LogP contribution in [0.25, 0.3) is 0 Å². The molecule has 0 spiro atoms. The summed E-state index contributed by atoms with van der Waals surface area (Å²) in [6.45, 7) is 3.53. The lowest BCUT2D eigenvalue weighted by Gasteiger charge is -2.00. The highest BCUT2D eigenvalue weighted by Crippen LogP contribution is 2.08. The van der Waals surface area contributed by atoms with E-state index in [1.807, 2.05) is 24.3 Å². The zero-order chi connectivity index (χ0) is 9.68. The Morgan fingerprint density at radius 2 is 2.08 bits per heavy atom. The van der Waals surface area contributed by atoms with Crippen molar-refractivity contribution in [3.8, 4) is 11.8 Å². The van der Waals surface area contributed by atoms with E-state index in [2.05, 4.69) is 17.0 Å². The van der Waals surface area contributed by atoms with Gasteiger partial charge in [-0.05, 0) is 19.9 Å². The molecule has 2 nitrogen and oxygen atoms in total. The van der Waals surface area contributed by atoms with Crippen LogP contribution in [0.2, 0.25) is 0 Å². The maximum absolute atomic E-state index is 8.62. The van der Waals surface area contributed by atoms with Gasteiger partial charge in [-0.3, -0.25) is 0 Å². The van der Waals surface area contributed by atoms with Gasteiger partial charge >= 0.3 is 0 Å². The Balaban J connectivity index is 3.25. The van der Waals surface area contributed by atoms with Gasteiger partial charge in [0.2, 0.25) is 0 Å². The highest BCUT2D eigenvalue weighted by atomic mass is 16.4. The smallest absolute Gasteiger partial charge is 0.0849 e. The van der Waals surface area contributed by atoms with Gasteiger partial charge in [-0.1, -0.05) is 29.3 Å². The van der Waals surface area contributed by atoms with Crippen LogP contribution in [0.1, 0.15) is 25.0 Å². The molecule has 13 heavy (non-hydrogen) atoms. The lowest BCUT2D eigenvalue weighted by Crippen LogP contribution is -1.97. The summed E-state index contributed by atoms with van der Waals surface area (Å²) < 4.78 is 0. The van der Waals surface area contributed by atoms with Crippen molar-refractivity contribution in [3.05, 3.63) is 35.4 Å². The zero-order valence-electron chi connectivity index (χ0n) is 7.70. The minimum absolute atomic E-state index is 0.582. The van der Waals surface area contributed by atoms with Crippen molar-refractivity contribution in [2.75, 3.05) is 0 Å². The second kappa shape index (κ2) is 4.32. The van der Waals surface area contributed by atoms with Crippen LogP contribution in [0, 0.1) is 11.8 Å². The first-order valence-corrected chi connectivity index (χ1v) is 4.00. The quantitative estimate of drug-likeness (QED) is 0.300. The molecule has 1 rings (SSSR count). The predicted octanol–water partition coefficient (Wildman–Crippen LogP) is 2.26. The number of nitrogens with zero attached hydrogens (tertiary/aromatic N) is 1. The second-order valence-electron chi connectivity index (χ2n) is 2.61. The standard InChI is InChI=1S/C11H11NO/c1-3-6-10-7-4-5-8-11(10)9(2)12-13/h4-5,7-8,13H,1-2H3/b12-9-. The molecule has 0 saturated heterocycles. The molecule has 1 N–H and O–H groups in total. The van der Waals surface area contributed by atoms with E-state index in [1.165, 1.54) is 0 Å². The minimum Gasteiger partial charge on any atom is -0.411 e. The minimum atomic E-state index is 0.582. The molecule has 2 heteroatoms. The lowest BCUT2D eigenvalue weighted by atomic mass is 10.0. The van der Waals surface area contributed by atoms with Crippen LogP contribution >= 0.6 is 0 Å². The van der Waals surface area contributed by atoms with Gasteiger partial charge in [0.1, 0.15) is 0 Å². The van der Waals surface area contributed by atoms with Crippen molar-refractivity contribution in [1.29, 1.82) is 0 Å². The van der Waals surface area contributed by atoms with Crippen LogP contribution in [0.5, 0.6) is 0 Å².